The van der Waals surface area contributed by atoms with Crippen LogP contribution in [0.5, 0.6) is 5.75 Å². The van der Waals surface area contributed by atoms with Crippen molar-refractivity contribution in [2.24, 2.45) is 5.10 Å². The van der Waals surface area contributed by atoms with Gasteiger partial charge in [0.15, 0.2) is 6.61 Å². The van der Waals surface area contributed by atoms with Crippen molar-refractivity contribution in [2.75, 3.05) is 6.61 Å². The molecule has 0 saturated heterocycles. The number of hydrogen-bond acceptors (Lipinski definition) is 6. The number of nitrogens with one attached hydrogen (secondary N) is 1. The number of amides is 1. The van der Waals surface area contributed by atoms with Crippen LogP contribution in [0, 0.1) is 10.1 Å². The second kappa shape index (κ2) is 8.21. The summed E-state index contributed by atoms with van der Waals surface area (Å²) in [6.45, 7) is 4.04. The van der Waals surface area contributed by atoms with Gasteiger partial charge in [0.05, 0.1) is 21.4 Å². The minimum Gasteiger partial charge on any atom is -0.484 e. The quantitative estimate of drug-likeness (QED) is 0.472. The SMILES string of the molecule is CC(C)c1ccc(OCC(=O)N/N=C\c2cc([N+](=O)[O-])cs2)cc1. The molecule has 1 aromatic heterocycles. The number of benzene rings is 1. The highest BCUT2D eigenvalue weighted by Gasteiger charge is 2.08. The summed E-state index contributed by atoms with van der Waals surface area (Å²) in [5, 5.41) is 15.7. The molecule has 0 fully saturated rings. The molecule has 0 aliphatic heterocycles. The normalized spacial score (nSPS) is 11.0. The summed E-state index contributed by atoms with van der Waals surface area (Å²) >= 11 is 1.17. The first-order valence-corrected chi connectivity index (χ1v) is 8.11. The summed E-state index contributed by atoms with van der Waals surface area (Å²) in [5.41, 5.74) is 3.51. The molecular weight excluding hydrogens is 330 g/mol. The third kappa shape index (κ3) is 5.17. The maximum Gasteiger partial charge on any atom is 0.280 e. The van der Waals surface area contributed by atoms with Gasteiger partial charge in [0.25, 0.3) is 11.6 Å². The fourth-order valence-electron chi connectivity index (χ4n) is 1.80. The number of carbonyl (C=O) groups is 1. The number of hydrogen-bond donors (Lipinski definition) is 1. The lowest BCUT2D eigenvalue weighted by Gasteiger charge is -2.08. The van der Waals surface area contributed by atoms with Gasteiger partial charge in [0.1, 0.15) is 5.75 Å². The number of nitro groups is 1. The van der Waals surface area contributed by atoms with Crippen LogP contribution in [0.3, 0.4) is 0 Å². The molecule has 1 aromatic carbocycles. The van der Waals surface area contributed by atoms with Crippen molar-refractivity contribution in [3.63, 3.8) is 0 Å². The van der Waals surface area contributed by atoms with Crippen molar-refractivity contribution >= 4 is 29.1 Å². The van der Waals surface area contributed by atoms with Gasteiger partial charge in [-0.05, 0) is 23.6 Å². The van der Waals surface area contributed by atoms with E-state index in [0.29, 0.717) is 16.5 Å². The van der Waals surface area contributed by atoms with Crippen molar-refractivity contribution in [3.8, 4) is 5.75 Å². The van der Waals surface area contributed by atoms with Crippen LogP contribution in [0.15, 0.2) is 40.8 Å². The van der Waals surface area contributed by atoms with Gasteiger partial charge in [-0.3, -0.25) is 14.9 Å². The number of thiophene rings is 1. The molecular formula is C16H17N3O4S. The Bertz CT molecular complexity index is 738. The number of nitrogens with zero attached hydrogens (tertiary/aromatic N) is 2. The Morgan fingerprint density at radius 1 is 1.42 bits per heavy atom. The highest BCUT2D eigenvalue weighted by atomic mass is 32.1. The zero-order chi connectivity index (χ0) is 17.5. The minimum absolute atomic E-state index is 0.000884. The van der Waals surface area contributed by atoms with Gasteiger partial charge in [0.2, 0.25) is 0 Å². The van der Waals surface area contributed by atoms with Crippen molar-refractivity contribution in [2.45, 2.75) is 19.8 Å². The highest BCUT2D eigenvalue weighted by Crippen LogP contribution is 2.19. The molecule has 1 amide bonds. The molecule has 24 heavy (non-hydrogen) atoms. The molecule has 8 heteroatoms. The van der Waals surface area contributed by atoms with E-state index in [2.05, 4.69) is 24.4 Å². The lowest BCUT2D eigenvalue weighted by Crippen LogP contribution is -2.24. The molecule has 126 valence electrons. The van der Waals surface area contributed by atoms with Crippen molar-refractivity contribution in [1.82, 2.24) is 5.43 Å². The van der Waals surface area contributed by atoms with Gasteiger partial charge in [-0.1, -0.05) is 26.0 Å². The van der Waals surface area contributed by atoms with Gasteiger partial charge in [-0.25, -0.2) is 5.43 Å². The second-order valence-corrected chi connectivity index (χ2v) is 6.21. The number of rotatable bonds is 7. The zero-order valence-corrected chi connectivity index (χ0v) is 14.1. The largest absolute Gasteiger partial charge is 0.484 e. The lowest BCUT2D eigenvalue weighted by atomic mass is 10.0. The second-order valence-electron chi connectivity index (χ2n) is 5.27. The van der Waals surface area contributed by atoms with E-state index in [4.69, 9.17) is 4.74 Å². The van der Waals surface area contributed by atoms with E-state index >= 15 is 0 Å². The Hall–Kier alpha value is -2.74. The Kier molecular flexibility index (Phi) is 6.02. The molecule has 0 unspecified atom stereocenters. The molecule has 2 aromatic rings. The van der Waals surface area contributed by atoms with Crippen LogP contribution >= 0.6 is 11.3 Å². The minimum atomic E-state index is -0.481. The van der Waals surface area contributed by atoms with E-state index in [1.54, 1.807) is 0 Å². The van der Waals surface area contributed by atoms with Crippen LogP contribution in [0.2, 0.25) is 0 Å². The van der Waals surface area contributed by atoms with Crippen LogP contribution in [0.1, 0.15) is 30.2 Å². The molecule has 0 radical (unpaired) electrons. The van der Waals surface area contributed by atoms with Crippen molar-refractivity contribution in [3.05, 3.63) is 56.3 Å². The van der Waals surface area contributed by atoms with Crippen molar-refractivity contribution < 1.29 is 14.5 Å². The standard InChI is InChI=1S/C16H17N3O4S/c1-11(2)12-3-5-14(6-4-12)23-9-16(20)18-17-8-15-7-13(10-24-15)19(21)22/h3-8,10-11H,9H2,1-2H3,(H,18,20)/b17-8-. The molecule has 2 rings (SSSR count). The smallest absolute Gasteiger partial charge is 0.280 e. The molecule has 0 bridgehead atoms. The van der Waals surface area contributed by atoms with E-state index in [1.807, 2.05) is 24.3 Å². The van der Waals surface area contributed by atoms with Crippen LogP contribution in [-0.4, -0.2) is 23.7 Å². The highest BCUT2D eigenvalue weighted by molar-refractivity contribution is 7.12. The topological polar surface area (TPSA) is 93.8 Å². The van der Waals surface area contributed by atoms with E-state index in [9.17, 15) is 14.9 Å². The van der Waals surface area contributed by atoms with Gasteiger partial charge < -0.3 is 4.74 Å². The Morgan fingerprint density at radius 2 is 2.12 bits per heavy atom. The third-order valence-electron chi connectivity index (χ3n) is 3.11. The Balaban J connectivity index is 1.78. The fourth-order valence-corrected chi connectivity index (χ4v) is 2.52. The van der Waals surface area contributed by atoms with Gasteiger partial charge in [-0.15, -0.1) is 11.3 Å². The van der Waals surface area contributed by atoms with Gasteiger partial charge in [-0.2, -0.15) is 5.10 Å². The Labute approximate surface area is 143 Å². The van der Waals surface area contributed by atoms with Crippen LogP contribution in [0.4, 0.5) is 5.69 Å². The summed E-state index contributed by atoms with van der Waals surface area (Å²) in [6.07, 6.45) is 1.35. The molecule has 0 aliphatic carbocycles. The van der Waals surface area contributed by atoms with E-state index < -0.39 is 10.8 Å². The fraction of sp³-hybridized carbons (Fsp3) is 0.250. The van der Waals surface area contributed by atoms with Gasteiger partial charge >= 0.3 is 0 Å². The monoisotopic (exact) mass is 347 g/mol. The average Bonchev–Trinajstić information content (AvgIpc) is 3.02. The molecule has 1 heterocycles. The van der Waals surface area contributed by atoms with Crippen LogP contribution in [-0.2, 0) is 4.79 Å². The van der Waals surface area contributed by atoms with Crippen LogP contribution in [0.25, 0.3) is 0 Å². The van der Waals surface area contributed by atoms with Gasteiger partial charge in [0, 0.05) is 6.07 Å². The van der Waals surface area contributed by atoms with Crippen molar-refractivity contribution in [1.29, 1.82) is 0 Å². The maximum absolute atomic E-state index is 11.6. The molecule has 0 aliphatic rings. The third-order valence-corrected chi connectivity index (χ3v) is 3.97. The number of ether oxygens (including phenoxy) is 1. The molecule has 7 nitrogen and oxygen atoms in total. The Morgan fingerprint density at radius 3 is 2.71 bits per heavy atom. The molecule has 0 atom stereocenters. The average molecular weight is 347 g/mol. The summed E-state index contributed by atoms with van der Waals surface area (Å²) < 4.78 is 5.37. The molecule has 0 spiro atoms. The maximum atomic E-state index is 11.6. The van der Waals surface area contributed by atoms with E-state index in [-0.39, 0.29) is 12.3 Å². The zero-order valence-electron chi connectivity index (χ0n) is 13.3. The first-order chi connectivity index (χ1) is 11.5. The summed E-state index contributed by atoms with van der Waals surface area (Å²) in [4.78, 5) is 22.3. The molecule has 0 saturated carbocycles. The number of carbonyl (C=O) groups excluding carboxylic acids is 1. The first kappa shape index (κ1) is 17.6. The summed E-state index contributed by atoms with van der Waals surface area (Å²) in [7, 11) is 0. The number of hydrazone groups is 1. The van der Waals surface area contributed by atoms with E-state index in [1.165, 1.54) is 34.6 Å². The molecule has 1 N–H and O–H groups in total. The van der Waals surface area contributed by atoms with E-state index in [0.717, 1.165) is 0 Å². The lowest BCUT2D eigenvalue weighted by molar-refractivity contribution is -0.384. The summed E-state index contributed by atoms with van der Waals surface area (Å²) in [6, 6.07) is 8.93. The van der Waals surface area contributed by atoms with Crippen LogP contribution < -0.4 is 10.2 Å². The first-order valence-electron chi connectivity index (χ1n) is 7.23. The predicted octanol–water partition coefficient (Wildman–Crippen LogP) is 3.31. The predicted molar refractivity (Wildman–Crippen MR) is 92.7 cm³/mol. The summed E-state index contributed by atoms with van der Waals surface area (Å²) in [5.74, 6) is 0.627.